The zero-order valence-electron chi connectivity index (χ0n) is 19.4. The summed E-state index contributed by atoms with van der Waals surface area (Å²) in [5.41, 5.74) is 3.60. The summed E-state index contributed by atoms with van der Waals surface area (Å²) in [5.74, 6) is 1.75. The molecule has 3 aromatic heterocycles. The van der Waals surface area contributed by atoms with E-state index in [0.29, 0.717) is 28.6 Å². The van der Waals surface area contributed by atoms with Crippen LogP contribution in [0.5, 0.6) is 5.75 Å². The minimum Gasteiger partial charge on any atom is -0.495 e. The van der Waals surface area contributed by atoms with Crippen LogP contribution in [0.15, 0.2) is 65.8 Å². The number of methoxy groups -OCH3 is 1. The number of benzene rings is 1. The van der Waals surface area contributed by atoms with Crippen LogP contribution in [0, 0.1) is 0 Å². The molecule has 0 amide bonds. The minimum atomic E-state index is -0.180. The van der Waals surface area contributed by atoms with E-state index < -0.39 is 0 Å². The molecule has 0 radical (unpaired) electrons. The third-order valence-corrected chi connectivity index (χ3v) is 5.92. The zero-order valence-corrected chi connectivity index (χ0v) is 19.4. The van der Waals surface area contributed by atoms with Crippen LogP contribution < -0.4 is 15.6 Å². The fourth-order valence-corrected chi connectivity index (χ4v) is 4.27. The molecule has 4 aromatic rings. The van der Waals surface area contributed by atoms with Gasteiger partial charge in [0.1, 0.15) is 11.6 Å². The molecule has 0 saturated heterocycles. The van der Waals surface area contributed by atoms with Crippen LogP contribution in [-0.4, -0.2) is 22.1 Å². The number of aromatic nitrogens is 3. The van der Waals surface area contributed by atoms with Gasteiger partial charge in [-0.05, 0) is 60.0 Å². The number of ether oxygens (including phenoxy) is 1. The monoisotopic (exact) mass is 442 g/mol. The number of aromatic amines is 1. The van der Waals surface area contributed by atoms with Gasteiger partial charge < -0.3 is 15.0 Å². The van der Waals surface area contributed by atoms with Gasteiger partial charge in [-0.3, -0.25) is 9.78 Å². The van der Waals surface area contributed by atoms with Gasteiger partial charge in [0.25, 0.3) is 5.56 Å². The van der Waals surface area contributed by atoms with Crippen molar-refractivity contribution in [2.75, 3.05) is 12.4 Å². The molecular weight excluding hydrogens is 412 g/mol. The Bertz CT molecular complexity index is 1280. The first-order valence-electron chi connectivity index (χ1n) is 11.5. The lowest BCUT2D eigenvalue weighted by atomic mass is 9.90. The molecule has 0 bridgehead atoms. The van der Waals surface area contributed by atoms with Crippen LogP contribution in [-0.2, 0) is 0 Å². The van der Waals surface area contributed by atoms with E-state index in [0.717, 1.165) is 16.6 Å². The highest BCUT2D eigenvalue weighted by Crippen LogP contribution is 2.31. The van der Waals surface area contributed by atoms with Gasteiger partial charge in [0.2, 0.25) is 0 Å². The maximum absolute atomic E-state index is 12.7. The van der Waals surface area contributed by atoms with E-state index >= 15 is 0 Å². The molecule has 6 heteroatoms. The molecule has 2 N–H and O–H groups in total. The van der Waals surface area contributed by atoms with E-state index in [-0.39, 0.29) is 5.56 Å². The van der Waals surface area contributed by atoms with E-state index in [1.807, 2.05) is 18.2 Å². The topological polar surface area (TPSA) is 79.9 Å². The Morgan fingerprint density at radius 2 is 1.79 bits per heavy atom. The molecule has 0 saturated carbocycles. The summed E-state index contributed by atoms with van der Waals surface area (Å²) < 4.78 is 5.31. The molecule has 1 aromatic carbocycles. The normalized spacial score (nSPS) is 11.2. The molecule has 3 heterocycles. The van der Waals surface area contributed by atoms with Crippen molar-refractivity contribution in [1.29, 1.82) is 0 Å². The van der Waals surface area contributed by atoms with Crippen LogP contribution in [0.3, 0.4) is 0 Å². The Labute approximate surface area is 194 Å². The Morgan fingerprint density at radius 3 is 2.48 bits per heavy atom. The van der Waals surface area contributed by atoms with Crippen LogP contribution >= 0.6 is 0 Å². The summed E-state index contributed by atoms with van der Waals surface area (Å²) in [7, 11) is 1.61. The molecule has 0 spiro atoms. The number of pyridine rings is 3. The Morgan fingerprint density at radius 1 is 1.03 bits per heavy atom. The van der Waals surface area contributed by atoms with E-state index in [1.54, 1.807) is 25.7 Å². The molecular formula is C27H30N4O2. The van der Waals surface area contributed by atoms with Gasteiger partial charge in [0.05, 0.1) is 24.4 Å². The first-order valence-corrected chi connectivity index (χ1v) is 11.5. The smallest absolute Gasteiger partial charge is 0.259 e. The molecule has 0 fully saturated rings. The summed E-state index contributed by atoms with van der Waals surface area (Å²) in [4.78, 5) is 24.5. The molecule has 4 rings (SSSR count). The second kappa shape index (κ2) is 10.3. The predicted molar refractivity (Wildman–Crippen MR) is 134 cm³/mol. The molecule has 0 aliphatic rings. The second-order valence-electron chi connectivity index (χ2n) is 8.26. The highest BCUT2D eigenvalue weighted by molar-refractivity contribution is 5.95. The van der Waals surface area contributed by atoms with Gasteiger partial charge >= 0.3 is 0 Å². The number of nitrogens with zero attached hydrogens (tertiary/aromatic N) is 2. The molecule has 0 unspecified atom stereocenters. The Hall–Kier alpha value is -3.67. The summed E-state index contributed by atoms with van der Waals surface area (Å²) in [6.07, 6.45) is 9.78. The van der Waals surface area contributed by atoms with Gasteiger partial charge in [0.15, 0.2) is 0 Å². The van der Waals surface area contributed by atoms with Crippen molar-refractivity contribution in [2.45, 2.75) is 45.4 Å². The lowest BCUT2D eigenvalue weighted by Crippen LogP contribution is -2.09. The largest absolute Gasteiger partial charge is 0.495 e. The first kappa shape index (κ1) is 22.5. The Balaban J connectivity index is 1.73. The average molecular weight is 443 g/mol. The number of anilines is 2. The molecule has 0 atom stereocenters. The fourth-order valence-electron chi connectivity index (χ4n) is 4.27. The standard InChI is InChI=1S/C27H30N4O2/c1-4-6-18(7-5-2)19-8-10-22(11-9-19)30-26-25-20(12-13-29-27(25)32)15-24(31-26)21-14-23(33-3)17-28-16-21/h8-18H,4-7H2,1-3H3,(H,29,32)(H,30,31). The van der Waals surface area contributed by atoms with Crippen LogP contribution in [0.1, 0.15) is 51.0 Å². The van der Waals surface area contributed by atoms with Crippen LogP contribution in [0.2, 0.25) is 0 Å². The van der Waals surface area contributed by atoms with E-state index in [2.05, 4.69) is 53.4 Å². The lowest BCUT2D eigenvalue weighted by molar-refractivity contribution is 0.413. The van der Waals surface area contributed by atoms with E-state index in [9.17, 15) is 4.79 Å². The average Bonchev–Trinajstić information content (AvgIpc) is 2.84. The first-order chi connectivity index (χ1) is 16.1. The van der Waals surface area contributed by atoms with Crippen molar-refractivity contribution in [3.8, 4) is 17.0 Å². The molecule has 33 heavy (non-hydrogen) atoms. The molecule has 6 nitrogen and oxygen atoms in total. The van der Waals surface area contributed by atoms with Crippen molar-refractivity contribution in [3.05, 3.63) is 77.0 Å². The maximum atomic E-state index is 12.7. The molecule has 0 aliphatic heterocycles. The summed E-state index contributed by atoms with van der Waals surface area (Å²) in [6, 6.07) is 14.2. The van der Waals surface area contributed by atoms with Gasteiger partial charge in [-0.1, -0.05) is 38.8 Å². The van der Waals surface area contributed by atoms with Crippen molar-refractivity contribution in [1.82, 2.24) is 15.0 Å². The van der Waals surface area contributed by atoms with Gasteiger partial charge in [-0.25, -0.2) is 4.98 Å². The third-order valence-electron chi connectivity index (χ3n) is 5.92. The van der Waals surface area contributed by atoms with Crippen LogP contribution in [0.25, 0.3) is 22.0 Å². The number of rotatable bonds is 9. The molecule has 0 aliphatic carbocycles. The van der Waals surface area contributed by atoms with Crippen molar-refractivity contribution in [2.24, 2.45) is 0 Å². The fraction of sp³-hybridized carbons (Fsp3) is 0.296. The minimum absolute atomic E-state index is 0.180. The van der Waals surface area contributed by atoms with Crippen molar-refractivity contribution >= 4 is 22.3 Å². The van der Waals surface area contributed by atoms with E-state index in [1.165, 1.54) is 31.2 Å². The Kier molecular flexibility index (Phi) is 7.03. The highest BCUT2D eigenvalue weighted by Gasteiger charge is 2.13. The second-order valence-corrected chi connectivity index (χ2v) is 8.26. The molecule has 170 valence electrons. The maximum Gasteiger partial charge on any atom is 0.259 e. The summed E-state index contributed by atoms with van der Waals surface area (Å²) in [6.45, 7) is 4.47. The lowest BCUT2D eigenvalue weighted by Gasteiger charge is -2.17. The number of fused-ring (bicyclic) bond motifs is 1. The summed E-state index contributed by atoms with van der Waals surface area (Å²) >= 11 is 0. The predicted octanol–water partition coefficient (Wildman–Crippen LogP) is 6.42. The quantitative estimate of drug-likeness (QED) is 0.313. The highest BCUT2D eigenvalue weighted by atomic mass is 16.5. The van der Waals surface area contributed by atoms with Crippen LogP contribution in [0.4, 0.5) is 11.5 Å². The number of nitrogens with one attached hydrogen (secondary N) is 2. The summed E-state index contributed by atoms with van der Waals surface area (Å²) in [5, 5.41) is 4.70. The zero-order chi connectivity index (χ0) is 23.2. The SMILES string of the molecule is CCCC(CCC)c1ccc(Nc2nc(-c3cncc(OC)c3)cc3cc[nH]c(=O)c23)cc1. The third kappa shape index (κ3) is 5.06. The number of hydrogen-bond acceptors (Lipinski definition) is 5. The van der Waals surface area contributed by atoms with Gasteiger partial charge in [-0.2, -0.15) is 0 Å². The number of H-pyrrole nitrogens is 1. The van der Waals surface area contributed by atoms with E-state index in [4.69, 9.17) is 9.72 Å². The van der Waals surface area contributed by atoms with Crippen molar-refractivity contribution in [3.63, 3.8) is 0 Å². The van der Waals surface area contributed by atoms with Gasteiger partial charge in [-0.15, -0.1) is 0 Å². The van der Waals surface area contributed by atoms with Crippen molar-refractivity contribution < 1.29 is 4.74 Å². The van der Waals surface area contributed by atoms with Gasteiger partial charge in [0, 0.05) is 23.6 Å². The number of hydrogen-bond donors (Lipinski definition) is 2.